The largest absolute Gasteiger partial charge is 0.480 e. The van der Waals surface area contributed by atoms with E-state index in [4.69, 9.17) is 5.73 Å². The van der Waals surface area contributed by atoms with Crippen LogP contribution in [0.2, 0.25) is 0 Å². The third-order valence-electron chi connectivity index (χ3n) is 6.04. The summed E-state index contributed by atoms with van der Waals surface area (Å²) in [7, 11) is 0. The number of thioether (sulfide) groups is 1. The molecule has 3 aromatic rings. The number of benzene rings is 1. The Balaban J connectivity index is 1.57. The van der Waals surface area contributed by atoms with Crippen LogP contribution < -0.4 is 21.7 Å². The molecule has 8 N–H and O–H groups in total. The fourth-order valence-electron chi connectivity index (χ4n) is 3.91. The zero-order valence-electron chi connectivity index (χ0n) is 21.2. The summed E-state index contributed by atoms with van der Waals surface area (Å²) < 4.78 is 0. The molecule has 0 radical (unpaired) electrons. The molecule has 38 heavy (non-hydrogen) atoms. The molecule has 2 aromatic heterocycles. The molecule has 3 rings (SSSR count). The van der Waals surface area contributed by atoms with Crippen molar-refractivity contribution in [3.8, 4) is 0 Å². The number of aromatic nitrogens is 3. The second-order valence-corrected chi connectivity index (χ2v) is 9.91. The van der Waals surface area contributed by atoms with Crippen LogP contribution in [0, 0.1) is 0 Å². The number of hydrogen-bond acceptors (Lipinski definition) is 7. The minimum atomic E-state index is -1.22. The molecule has 4 atom stereocenters. The normalized spacial score (nSPS) is 14.3. The fourth-order valence-corrected chi connectivity index (χ4v) is 4.38. The van der Waals surface area contributed by atoms with E-state index >= 15 is 0 Å². The van der Waals surface area contributed by atoms with Crippen LogP contribution in [-0.4, -0.2) is 79.9 Å². The molecule has 0 saturated carbocycles. The molecular weight excluding hydrogens is 510 g/mol. The monoisotopic (exact) mass is 543 g/mol. The van der Waals surface area contributed by atoms with Gasteiger partial charge in [0.25, 0.3) is 0 Å². The summed E-state index contributed by atoms with van der Waals surface area (Å²) in [5, 5.41) is 18.2. The number of H-pyrrole nitrogens is 2. The van der Waals surface area contributed by atoms with Crippen LogP contribution in [0.4, 0.5) is 0 Å². The molecule has 4 unspecified atom stereocenters. The lowest BCUT2D eigenvalue weighted by atomic mass is 10.0. The molecule has 0 fully saturated rings. The number of carboxylic acid groups (broad SMARTS) is 1. The smallest absolute Gasteiger partial charge is 0.326 e. The van der Waals surface area contributed by atoms with E-state index in [-0.39, 0.29) is 19.3 Å². The first kappa shape index (κ1) is 28.7. The van der Waals surface area contributed by atoms with Gasteiger partial charge in [0, 0.05) is 35.4 Å². The highest BCUT2D eigenvalue weighted by Gasteiger charge is 2.29. The number of nitrogens with zero attached hydrogens (tertiary/aromatic N) is 1. The van der Waals surface area contributed by atoms with Crippen molar-refractivity contribution < 1.29 is 24.3 Å². The molecule has 204 valence electrons. The molecular formula is C25H33N7O5S. The maximum atomic E-state index is 12.9. The van der Waals surface area contributed by atoms with Crippen molar-refractivity contribution in [2.45, 2.75) is 50.4 Å². The van der Waals surface area contributed by atoms with E-state index in [2.05, 4.69) is 30.9 Å². The average molecular weight is 544 g/mol. The predicted molar refractivity (Wildman–Crippen MR) is 144 cm³/mol. The molecule has 0 aliphatic heterocycles. The summed E-state index contributed by atoms with van der Waals surface area (Å²) in [4.78, 5) is 60.0. The van der Waals surface area contributed by atoms with Gasteiger partial charge in [0.1, 0.15) is 18.1 Å². The number of carboxylic acids is 1. The number of imidazole rings is 1. The van der Waals surface area contributed by atoms with E-state index in [1.807, 2.05) is 30.5 Å². The predicted octanol–water partition coefficient (Wildman–Crippen LogP) is 0.316. The zero-order chi connectivity index (χ0) is 27.7. The van der Waals surface area contributed by atoms with E-state index < -0.39 is 47.9 Å². The van der Waals surface area contributed by atoms with Gasteiger partial charge in [-0.25, -0.2) is 9.78 Å². The Bertz CT molecular complexity index is 1250. The number of fused-ring (bicyclic) bond motifs is 1. The highest BCUT2D eigenvalue weighted by Crippen LogP contribution is 2.18. The van der Waals surface area contributed by atoms with Gasteiger partial charge in [-0.1, -0.05) is 18.2 Å². The van der Waals surface area contributed by atoms with Crippen LogP contribution in [0.3, 0.4) is 0 Å². The third kappa shape index (κ3) is 7.83. The zero-order valence-corrected chi connectivity index (χ0v) is 22.0. The number of para-hydroxylation sites is 1. The highest BCUT2D eigenvalue weighted by atomic mass is 32.2. The number of hydrogen-bond donors (Lipinski definition) is 7. The summed E-state index contributed by atoms with van der Waals surface area (Å²) in [5.41, 5.74) is 8.48. The number of nitrogens with two attached hydrogens (primary N) is 1. The molecule has 1 aromatic carbocycles. The van der Waals surface area contributed by atoms with Gasteiger partial charge in [-0.2, -0.15) is 11.8 Å². The summed E-state index contributed by atoms with van der Waals surface area (Å²) in [6.45, 7) is 1.49. The van der Waals surface area contributed by atoms with Crippen LogP contribution in [0.5, 0.6) is 0 Å². The standard InChI is InChI=1S/C25H33N7O5S/c1-14(30-23(34)18(26)9-15-11-28-19-6-4-3-5-17(15)19)22(33)31-20(7-8-38-2)24(35)32-21(25(36)37)10-16-12-27-13-29-16/h3-6,11-14,18,20-21,28H,7-10,26H2,1-2H3,(H,27,29)(H,30,34)(H,31,33)(H,32,35)(H,36,37). The second kappa shape index (κ2) is 13.6. The molecule has 0 saturated heterocycles. The lowest BCUT2D eigenvalue weighted by Crippen LogP contribution is -2.56. The quantitative estimate of drug-likeness (QED) is 0.151. The van der Waals surface area contributed by atoms with Crippen LogP contribution in [0.15, 0.2) is 43.0 Å². The van der Waals surface area contributed by atoms with Crippen molar-refractivity contribution in [1.29, 1.82) is 0 Å². The first-order chi connectivity index (χ1) is 18.2. The lowest BCUT2D eigenvalue weighted by Gasteiger charge is -2.23. The molecule has 0 spiro atoms. The SMILES string of the molecule is CSCCC(NC(=O)C(C)NC(=O)C(N)Cc1c[nH]c2ccccc12)C(=O)NC(Cc1cnc[nH]1)C(=O)O. The topological polar surface area (TPSA) is 195 Å². The van der Waals surface area contributed by atoms with Crippen LogP contribution in [0.1, 0.15) is 24.6 Å². The number of carbonyl (C=O) groups is 4. The Hall–Kier alpha value is -3.84. The highest BCUT2D eigenvalue weighted by molar-refractivity contribution is 7.98. The average Bonchev–Trinajstić information content (AvgIpc) is 3.56. The first-order valence-electron chi connectivity index (χ1n) is 12.1. The molecule has 12 nitrogen and oxygen atoms in total. The second-order valence-electron chi connectivity index (χ2n) is 8.92. The van der Waals surface area contributed by atoms with Crippen molar-refractivity contribution in [3.63, 3.8) is 0 Å². The number of amides is 3. The Morgan fingerprint density at radius 3 is 2.45 bits per heavy atom. The van der Waals surface area contributed by atoms with Crippen molar-refractivity contribution in [2.75, 3.05) is 12.0 Å². The summed E-state index contributed by atoms with van der Waals surface area (Å²) >= 11 is 1.48. The van der Waals surface area contributed by atoms with Crippen LogP contribution in [0.25, 0.3) is 10.9 Å². The van der Waals surface area contributed by atoms with Gasteiger partial charge >= 0.3 is 5.97 Å². The van der Waals surface area contributed by atoms with Crippen molar-refractivity contribution in [3.05, 3.63) is 54.2 Å². The Morgan fingerprint density at radius 2 is 1.76 bits per heavy atom. The van der Waals surface area contributed by atoms with Gasteiger partial charge in [0.05, 0.1) is 12.4 Å². The van der Waals surface area contributed by atoms with Crippen molar-refractivity contribution in [2.24, 2.45) is 5.73 Å². The minimum Gasteiger partial charge on any atom is -0.480 e. The van der Waals surface area contributed by atoms with Crippen molar-refractivity contribution >= 4 is 46.4 Å². The molecule has 0 aliphatic rings. The van der Waals surface area contributed by atoms with Gasteiger partial charge in [0.15, 0.2) is 0 Å². The van der Waals surface area contributed by atoms with Crippen LogP contribution in [-0.2, 0) is 32.0 Å². The molecule has 0 aliphatic carbocycles. The number of rotatable bonds is 14. The molecule has 13 heteroatoms. The number of carbonyl (C=O) groups excluding carboxylic acids is 3. The first-order valence-corrected chi connectivity index (χ1v) is 13.5. The lowest BCUT2D eigenvalue weighted by molar-refractivity contribution is -0.142. The number of aromatic amines is 2. The van der Waals surface area contributed by atoms with E-state index in [1.165, 1.54) is 31.2 Å². The minimum absolute atomic E-state index is 0.00501. The molecule has 0 bridgehead atoms. The molecule has 2 heterocycles. The van der Waals surface area contributed by atoms with Gasteiger partial charge in [-0.15, -0.1) is 0 Å². The molecule has 3 amide bonds. The van der Waals surface area contributed by atoms with Crippen molar-refractivity contribution in [1.82, 2.24) is 30.9 Å². The summed E-state index contributed by atoms with van der Waals surface area (Å²) in [6.07, 6.45) is 7.10. The summed E-state index contributed by atoms with van der Waals surface area (Å²) in [5.74, 6) is -2.39. The van der Waals surface area contributed by atoms with E-state index in [0.29, 0.717) is 11.4 Å². The van der Waals surface area contributed by atoms with E-state index in [0.717, 1.165) is 16.5 Å². The van der Waals surface area contributed by atoms with E-state index in [9.17, 15) is 24.3 Å². The van der Waals surface area contributed by atoms with Gasteiger partial charge in [-0.3, -0.25) is 14.4 Å². The maximum absolute atomic E-state index is 12.9. The number of nitrogens with one attached hydrogen (secondary N) is 5. The Morgan fingerprint density at radius 1 is 1.03 bits per heavy atom. The van der Waals surface area contributed by atoms with Gasteiger partial charge in [0.2, 0.25) is 17.7 Å². The third-order valence-corrected chi connectivity index (χ3v) is 6.68. The maximum Gasteiger partial charge on any atom is 0.326 e. The Kier molecular flexibility index (Phi) is 10.3. The Labute approximate surface area is 223 Å². The summed E-state index contributed by atoms with van der Waals surface area (Å²) in [6, 6.07) is 3.61. The fraction of sp³-hybridized carbons (Fsp3) is 0.400. The van der Waals surface area contributed by atoms with E-state index in [1.54, 1.807) is 6.20 Å². The van der Waals surface area contributed by atoms with Gasteiger partial charge in [-0.05, 0) is 43.4 Å². The van der Waals surface area contributed by atoms with Gasteiger partial charge < -0.3 is 36.8 Å². The van der Waals surface area contributed by atoms with Crippen LogP contribution >= 0.6 is 11.8 Å². The number of aliphatic carboxylic acids is 1.